The predicted molar refractivity (Wildman–Crippen MR) is 127 cm³/mol. The van der Waals surface area contributed by atoms with Gasteiger partial charge in [-0.3, -0.25) is 9.69 Å². The Hall–Kier alpha value is -3.52. The number of aromatic nitrogens is 4. The molecule has 1 saturated heterocycles. The first kappa shape index (κ1) is 26.5. The van der Waals surface area contributed by atoms with E-state index in [-0.39, 0.29) is 5.91 Å². The van der Waals surface area contributed by atoms with Crippen molar-refractivity contribution >= 4 is 28.9 Å². The lowest BCUT2D eigenvalue weighted by Gasteiger charge is -2.25. The van der Waals surface area contributed by atoms with Crippen LogP contribution in [-0.2, 0) is 24.3 Å². The molecule has 2 aliphatic rings. The summed E-state index contributed by atoms with van der Waals surface area (Å²) in [6.45, 7) is 5.90. The number of anilines is 1. The van der Waals surface area contributed by atoms with Crippen LogP contribution in [-0.4, -0.2) is 68.0 Å². The van der Waals surface area contributed by atoms with Gasteiger partial charge in [0.05, 0.1) is 18.3 Å². The fourth-order valence-corrected chi connectivity index (χ4v) is 5.28. The highest BCUT2D eigenvalue weighted by Gasteiger charge is 2.39. The Morgan fingerprint density at radius 3 is 2.43 bits per heavy atom. The molecule has 2 aromatic heterocycles. The van der Waals surface area contributed by atoms with Crippen molar-refractivity contribution in [1.82, 2.24) is 24.6 Å². The van der Waals surface area contributed by atoms with Gasteiger partial charge in [0.25, 0.3) is 5.91 Å². The van der Waals surface area contributed by atoms with Gasteiger partial charge in [-0.05, 0) is 43.0 Å². The quantitative estimate of drug-likeness (QED) is 0.508. The average molecular weight is 539 g/mol. The van der Waals surface area contributed by atoms with Gasteiger partial charge < -0.3 is 19.7 Å². The number of benzene rings is 1. The number of halogens is 3. The molecular formula is C23H25F3N6O4S. The molecule has 3 aromatic rings. The van der Waals surface area contributed by atoms with E-state index < -0.39 is 12.1 Å². The number of nitrogens with zero attached hydrogens (tertiary/aromatic N) is 5. The van der Waals surface area contributed by atoms with Crippen molar-refractivity contribution in [3.8, 4) is 5.75 Å². The maximum atomic E-state index is 12.8. The fraction of sp³-hybridized carbons (Fsp3) is 0.435. The number of methoxy groups -OCH3 is 1. The van der Waals surface area contributed by atoms with Crippen LogP contribution in [0.5, 0.6) is 5.75 Å². The summed E-state index contributed by atoms with van der Waals surface area (Å²) in [6, 6.07) is 7.27. The molecule has 0 aliphatic carbocycles. The number of carbonyl (C=O) groups is 2. The summed E-state index contributed by atoms with van der Waals surface area (Å²) in [5, 5.41) is 18.6. The van der Waals surface area contributed by atoms with Crippen LogP contribution in [0.1, 0.15) is 27.0 Å². The average Bonchev–Trinajstić information content (AvgIpc) is 3.56. The Morgan fingerprint density at radius 1 is 1.16 bits per heavy atom. The van der Waals surface area contributed by atoms with E-state index in [9.17, 15) is 18.0 Å². The second-order valence-corrected chi connectivity index (χ2v) is 9.75. The lowest BCUT2D eigenvalue weighted by Crippen LogP contribution is -2.31. The van der Waals surface area contributed by atoms with Gasteiger partial charge >= 0.3 is 12.1 Å². The number of aryl methyl sites for hydroxylation is 1. The molecule has 2 aliphatic heterocycles. The van der Waals surface area contributed by atoms with Crippen LogP contribution in [0.15, 0.2) is 29.8 Å². The summed E-state index contributed by atoms with van der Waals surface area (Å²) < 4.78 is 38.9. The number of likely N-dealkylation sites (tertiary alicyclic amines) is 1. The van der Waals surface area contributed by atoms with Crippen LogP contribution < -0.4 is 10.1 Å². The molecule has 1 aromatic carbocycles. The van der Waals surface area contributed by atoms with Gasteiger partial charge in [0.15, 0.2) is 0 Å². The predicted octanol–water partition coefficient (Wildman–Crippen LogP) is 3.24. The number of rotatable bonds is 5. The molecule has 2 N–H and O–H groups in total. The van der Waals surface area contributed by atoms with E-state index in [1.54, 1.807) is 18.4 Å². The highest BCUT2D eigenvalue weighted by molar-refractivity contribution is 7.09. The van der Waals surface area contributed by atoms with Gasteiger partial charge in [-0.1, -0.05) is 0 Å². The van der Waals surface area contributed by atoms with E-state index in [1.807, 2.05) is 34.3 Å². The normalized spacial score (nSPS) is 18.8. The summed E-state index contributed by atoms with van der Waals surface area (Å²) in [6.07, 6.45) is -4.22. The first-order valence-corrected chi connectivity index (χ1v) is 12.2. The lowest BCUT2D eigenvalue weighted by atomic mass is 9.89. The number of carboxylic acids is 1. The maximum absolute atomic E-state index is 12.8. The molecule has 0 saturated carbocycles. The van der Waals surface area contributed by atoms with Crippen LogP contribution >= 0.6 is 11.3 Å². The minimum atomic E-state index is -5.08. The smallest absolute Gasteiger partial charge is 0.490 e. The number of thiazole rings is 1. The van der Waals surface area contributed by atoms with E-state index in [0.717, 1.165) is 49.9 Å². The van der Waals surface area contributed by atoms with Gasteiger partial charge in [0.1, 0.15) is 11.6 Å². The Labute approximate surface area is 214 Å². The SMILES string of the molecule is COc1ccc(NC(=O)c2nnc3n2CC2CN(Cc4scnc4C)CC2C3)cc1.O=C(O)C(F)(F)F. The number of hydrogen-bond donors (Lipinski definition) is 2. The molecular weight excluding hydrogens is 513 g/mol. The molecule has 0 radical (unpaired) electrons. The van der Waals surface area contributed by atoms with E-state index in [2.05, 4.69) is 32.3 Å². The molecule has 2 atom stereocenters. The second kappa shape index (κ2) is 10.8. The molecule has 1 amide bonds. The molecule has 37 heavy (non-hydrogen) atoms. The lowest BCUT2D eigenvalue weighted by molar-refractivity contribution is -0.192. The number of carboxylic acid groups (broad SMARTS) is 1. The zero-order chi connectivity index (χ0) is 26.7. The number of fused-ring (bicyclic) bond motifs is 2. The van der Waals surface area contributed by atoms with Crippen molar-refractivity contribution in [2.75, 3.05) is 25.5 Å². The topological polar surface area (TPSA) is 122 Å². The molecule has 2 unspecified atom stereocenters. The second-order valence-electron chi connectivity index (χ2n) is 8.82. The van der Waals surface area contributed by atoms with Crippen LogP contribution in [0.2, 0.25) is 0 Å². The summed E-state index contributed by atoms with van der Waals surface area (Å²) in [5.74, 6) is 0.128. The highest BCUT2D eigenvalue weighted by atomic mass is 32.1. The van der Waals surface area contributed by atoms with E-state index in [0.29, 0.717) is 23.3 Å². The maximum Gasteiger partial charge on any atom is 0.490 e. The Balaban J connectivity index is 0.000000405. The fourth-order valence-electron chi connectivity index (χ4n) is 4.46. The van der Waals surface area contributed by atoms with E-state index in [4.69, 9.17) is 14.6 Å². The third kappa shape index (κ3) is 6.25. The third-order valence-electron chi connectivity index (χ3n) is 6.35. The summed E-state index contributed by atoms with van der Waals surface area (Å²) in [7, 11) is 1.62. The van der Waals surface area contributed by atoms with E-state index >= 15 is 0 Å². The number of hydrogen-bond acceptors (Lipinski definition) is 8. The number of nitrogens with one attached hydrogen (secondary N) is 1. The van der Waals surface area contributed by atoms with Crippen molar-refractivity contribution in [1.29, 1.82) is 0 Å². The van der Waals surface area contributed by atoms with Crippen LogP contribution in [0, 0.1) is 18.8 Å². The molecule has 5 rings (SSSR count). The summed E-state index contributed by atoms with van der Waals surface area (Å²) in [4.78, 5) is 29.9. The largest absolute Gasteiger partial charge is 0.497 e. The number of amides is 1. The molecule has 198 valence electrons. The van der Waals surface area contributed by atoms with Crippen LogP contribution in [0.25, 0.3) is 0 Å². The zero-order valence-electron chi connectivity index (χ0n) is 20.0. The molecule has 14 heteroatoms. The highest BCUT2D eigenvalue weighted by Crippen LogP contribution is 2.34. The summed E-state index contributed by atoms with van der Waals surface area (Å²) in [5.41, 5.74) is 3.76. The zero-order valence-corrected chi connectivity index (χ0v) is 20.8. The van der Waals surface area contributed by atoms with Crippen molar-refractivity contribution in [2.24, 2.45) is 11.8 Å². The van der Waals surface area contributed by atoms with Crippen molar-refractivity contribution < 1.29 is 32.6 Å². The minimum absolute atomic E-state index is 0.229. The molecule has 0 spiro atoms. The first-order valence-electron chi connectivity index (χ1n) is 11.3. The molecule has 1 fully saturated rings. The van der Waals surface area contributed by atoms with Crippen molar-refractivity contribution in [3.05, 3.63) is 52.0 Å². The monoisotopic (exact) mass is 538 g/mol. The first-order chi connectivity index (χ1) is 17.5. The van der Waals surface area contributed by atoms with Gasteiger partial charge in [-0.25, -0.2) is 9.78 Å². The van der Waals surface area contributed by atoms with Crippen LogP contribution in [0.3, 0.4) is 0 Å². The standard InChI is InChI=1S/C21H24N6O2S.C2HF3O2/c1-13-18(30-12-22-13)11-26-8-14-7-19-24-25-20(27(19)10-15(14)9-26)21(28)23-16-3-5-17(29-2)6-4-16;3-2(4,5)1(6)7/h3-6,12,14-15H,7-11H2,1-2H3,(H,23,28);(H,6,7). The van der Waals surface area contributed by atoms with Gasteiger partial charge in [-0.15, -0.1) is 21.5 Å². The number of alkyl halides is 3. The Bertz CT molecular complexity index is 1260. The van der Waals surface area contributed by atoms with Gasteiger partial charge in [0, 0.05) is 43.2 Å². The van der Waals surface area contributed by atoms with Crippen molar-refractivity contribution in [2.45, 2.75) is 32.6 Å². The van der Waals surface area contributed by atoms with Gasteiger partial charge in [-0.2, -0.15) is 13.2 Å². The molecule has 0 bridgehead atoms. The molecule has 4 heterocycles. The van der Waals surface area contributed by atoms with E-state index in [1.165, 1.54) is 4.88 Å². The Kier molecular flexibility index (Phi) is 7.78. The summed E-state index contributed by atoms with van der Waals surface area (Å²) >= 11 is 1.73. The third-order valence-corrected chi connectivity index (χ3v) is 7.27. The molecule has 10 nitrogen and oxygen atoms in total. The number of aliphatic carboxylic acids is 1. The minimum Gasteiger partial charge on any atom is -0.497 e. The van der Waals surface area contributed by atoms with Crippen LogP contribution in [0.4, 0.5) is 18.9 Å². The van der Waals surface area contributed by atoms with Gasteiger partial charge in [0.2, 0.25) is 5.82 Å². The Morgan fingerprint density at radius 2 is 1.84 bits per heavy atom. The number of carbonyl (C=O) groups excluding carboxylic acids is 1. The van der Waals surface area contributed by atoms with Crippen molar-refractivity contribution in [3.63, 3.8) is 0 Å². The number of ether oxygens (including phenoxy) is 1.